The van der Waals surface area contributed by atoms with Crippen LogP contribution in [0.2, 0.25) is 10.3 Å². The first-order valence-corrected chi connectivity index (χ1v) is 49.0. The summed E-state index contributed by atoms with van der Waals surface area (Å²) < 4.78 is 160. The van der Waals surface area contributed by atoms with E-state index in [1.54, 1.807) is 65.8 Å². The molecule has 0 aliphatic carbocycles. The number of halogens is 5. The first kappa shape index (κ1) is 90.6. The second-order valence-corrected chi connectivity index (χ2v) is 41.2. The normalized spacial score (nSPS) is 18.1. The molecule has 8 aliphatic heterocycles. The average molecular weight is 1880 g/mol. The van der Waals surface area contributed by atoms with Crippen LogP contribution >= 0.6 is 34.9 Å². The molecule has 672 valence electrons. The second kappa shape index (κ2) is 38.1. The summed E-state index contributed by atoms with van der Waals surface area (Å²) in [6, 6.07) is 57.1. The van der Waals surface area contributed by atoms with E-state index in [2.05, 4.69) is 84.4 Å². The van der Waals surface area contributed by atoms with Gasteiger partial charge in [-0.15, -0.1) is 13.2 Å². The molecule has 4 aromatic heterocycles. The van der Waals surface area contributed by atoms with Crippen molar-refractivity contribution in [3.63, 3.8) is 0 Å². The van der Waals surface area contributed by atoms with Crippen LogP contribution in [0.1, 0.15) is 11.4 Å². The molecule has 11 aromatic rings. The number of rotatable bonds is 17. The van der Waals surface area contributed by atoms with Crippen LogP contribution in [0, 0.1) is 37.5 Å². The Morgan fingerprint density at radius 1 is 0.383 bits per heavy atom. The number of benzene rings is 7. The van der Waals surface area contributed by atoms with Gasteiger partial charge in [0.1, 0.15) is 36.9 Å². The molecule has 40 heteroatoms. The zero-order chi connectivity index (χ0) is 90.0. The number of carbonyl (C=O) groups is 4. The minimum absolute atomic E-state index is 0.0161. The monoisotopic (exact) mass is 1880 g/mol. The molecule has 8 saturated heterocycles. The molecular weight excluding hydrogens is 1790 g/mol. The van der Waals surface area contributed by atoms with Crippen molar-refractivity contribution in [1.29, 1.82) is 0 Å². The maximum atomic E-state index is 13.3. The summed E-state index contributed by atoms with van der Waals surface area (Å²) in [4.78, 5) is 80.4. The third kappa shape index (κ3) is 19.7. The van der Waals surface area contributed by atoms with Crippen LogP contribution in [0.4, 0.5) is 35.9 Å². The molecule has 7 aromatic carbocycles. The Morgan fingerprint density at radius 2 is 0.742 bits per heavy atom. The Morgan fingerprint density at radius 3 is 1.17 bits per heavy atom. The molecule has 0 atom stereocenters. The Kier molecular flexibility index (Phi) is 27.0. The highest BCUT2D eigenvalue weighted by molar-refractivity contribution is 7.90. The van der Waals surface area contributed by atoms with Gasteiger partial charge in [-0.2, -0.15) is 26.0 Å². The van der Waals surface area contributed by atoms with Crippen LogP contribution in [0.5, 0.6) is 5.75 Å². The van der Waals surface area contributed by atoms with Crippen molar-refractivity contribution in [2.45, 2.75) is 39.8 Å². The SMILES string of the molecule is Cc1cc(N2CCN(C(=O)C3CN(S(=O)(=O)c4cccc5cnccc45)C3)CC2)cc(C)n1.O=C(C1CN(S(=O)(=O)c2cccc3c(Cl)nc(Cl)cc23)C1)N1CCN(c2ccccc2)CC1.O=C(C1CN(S(=O)(=O)c2cccc3nsnc23)C1)N1CCN(c2ccccc2)CC1.O=C(C1CN(S(=O)(=O)c2ccccc2OC(F)(F)F)C1)N1CCN(c2ccccc2)CC1. The molecule has 8 aliphatic rings. The van der Waals surface area contributed by atoms with E-state index in [1.807, 2.05) is 101 Å². The van der Waals surface area contributed by atoms with Gasteiger partial charge in [-0.3, -0.25) is 29.1 Å². The lowest BCUT2D eigenvalue weighted by atomic mass is 10.0. The maximum absolute atomic E-state index is 13.3. The Hall–Kier alpha value is -10.8. The van der Waals surface area contributed by atoms with Gasteiger partial charge in [-0.25, -0.2) is 38.7 Å². The van der Waals surface area contributed by atoms with E-state index in [-0.39, 0.29) is 119 Å². The standard InChI is InChI=1S/C24H27N5O3S.C23H22Cl2N4O3S.C21H22F3N3O4S.C20H21N5O3S2/c1-17-12-21(13-18(2)26-17)27-8-10-28(11-9-27)24(30)20-15-29(16-20)33(31,32)23-5-3-4-19-14-25-7-6-22(19)23;24-21-13-19-18(22(25)26-21)7-4-8-20(19)33(31,32)29-14-16(15-29)23(30)28-11-9-27(10-12-28)17-5-2-1-3-6-17;22-21(23,24)31-18-8-4-5-9-19(18)32(29,30)27-14-16(15-27)20(28)26-12-10-25(11-13-26)17-6-2-1-3-7-17;26-20(24-11-9-23(10-12-24)16-5-2-1-3-6-16)15-13-25(14-15)30(27,28)18-8-4-7-17-19(18)22-29-21-17/h3-7,12-14,20H,8-11,15-16H2,1-2H3;1-8,13,16H,9-12,14-15H2;1-9,16H,10-15H2;1-8,15H,9-14H2. The van der Waals surface area contributed by atoms with E-state index in [1.165, 1.54) is 37.2 Å². The van der Waals surface area contributed by atoms with Crippen LogP contribution in [0.3, 0.4) is 0 Å². The fraction of sp³-hybridized carbons (Fsp3) is 0.352. The van der Waals surface area contributed by atoms with Crippen LogP contribution in [0.15, 0.2) is 226 Å². The lowest BCUT2D eigenvalue weighted by Crippen LogP contribution is -2.59. The van der Waals surface area contributed by atoms with Crippen molar-refractivity contribution in [3.8, 4) is 5.75 Å². The number of aromatic nitrogens is 5. The minimum atomic E-state index is -5.01. The smallest absolute Gasteiger partial charge is 0.404 e. The van der Waals surface area contributed by atoms with Gasteiger partial charge in [0.05, 0.1) is 45.2 Å². The van der Waals surface area contributed by atoms with Gasteiger partial charge in [0.15, 0.2) is 0 Å². The maximum Gasteiger partial charge on any atom is 0.573 e. The van der Waals surface area contributed by atoms with Crippen LogP contribution in [0.25, 0.3) is 32.6 Å². The van der Waals surface area contributed by atoms with E-state index in [0.29, 0.717) is 92.6 Å². The number of ether oxygens (including phenoxy) is 1. The van der Waals surface area contributed by atoms with Gasteiger partial charge >= 0.3 is 6.36 Å². The van der Waals surface area contributed by atoms with E-state index >= 15 is 0 Å². The van der Waals surface area contributed by atoms with Crippen LogP contribution < -0.4 is 24.3 Å². The van der Waals surface area contributed by atoms with Crippen molar-refractivity contribution >= 4 is 154 Å². The lowest BCUT2D eigenvalue weighted by molar-refractivity contribution is -0.275. The second-order valence-electron chi connectivity index (χ2n) is 32.3. The topological polar surface area (TPSA) is 317 Å². The number of sulfonamides is 4. The molecular formula is C88H92Cl2F3N17O13S5. The predicted octanol–water partition coefficient (Wildman–Crippen LogP) is 9.94. The lowest BCUT2D eigenvalue weighted by Gasteiger charge is -2.42. The number of nitrogens with zero attached hydrogens (tertiary/aromatic N) is 17. The summed E-state index contributed by atoms with van der Waals surface area (Å²) in [6.45, 7) is 15.9. The highest BCUT2D eigenvalue weighted by atomic mass is 35.5. The van der Waals surface area contributed by atoms with Crippen molar-refractivity contribution in [2.75, 3.05) is 177 Å². The third-order valence-corrected chi connectivity index (χ3v) is 32.7. The summed E-state index contributed by atoms with van der Waals surface area (Å²) in [7, 11) is -15.4. The summed E-state index contributed by atoms with van der Waals surface area (Å²) >= 11 is 13.2. The fourth-order valence-electron chi connectivity index (χ4n) is 17.0. The molecule has 0 N–H and O–H groups in total. The van der Waals surface area contributed by atoms with Crippen LogP contribution in [-0.2, 0) is 59.3 Å². The molecule has 0 unspecified atom stereocenters. The number of aryl methyl sites for hydroxylation is 2. The summed E-state index contributed by atoms with van der Waals surface area (Å²) in [5, 5.41) is 2.66. The van der Waals surface area contributed by atoms with Gasteiger partial charge in [-0.1, -0.05) is 120 Å². The largest absolute Gasteiger partial charge is 0.573 e. The first-order chi connectivity index (χ1) is 61.4. The summed E-state index contributed by atoms with van der Waals surface area (Å²) in [5.41, 5.74) is 7.48. The highest BCUT2D eigenvalue weighted by Gasteiger charge is 2.48. The van der Waals surface area contributed by atoms with Crippen molar-refractivity contribution < 1.29 is 70.8 Å². The van der Waals surface area contributed by atoms with E-state index in [9.17, 15) is 66.0 Å². The first-order valence-electron chi connectivity index (χ1n) is 41.8. The van der Waals surface area contributed by atoms with Gasteiger partial charge in [-0.05, 0) is 111 Å². The number of pyridine rings is 3. The van der Waals surface area contributed by atoms with Crippen molar-refractivity contribution in [1.82, 2.24) is 60.5 Å². The molecule has 30 nitrogen and oxygen atoms in total. The Labute approximate surface area is 754 Å². The highest BCUT2D eigenvalue weighted by Crippen LogP contribution is 2.39. The number of para-hydroxylation sites is 4. The van der Waals surface area contributed by atoms with Gasteiger partial charge in [0, 0.05) is 225 Å². The Balaban J connectivity index is 0.000000125. The predicted molar refractivity (Wildman–Crippen MR) is 481 cm³/mol. The number of carbonyl (C=O) groups excluding carboxylic acids is 4. The number of piperazine rings is 4. The summed E-state index contributed by atoms with van der Waals surface area (Å²) in [5.74, 6) is -2.22. The van der Waals surface area contributed by atoms with Gasteiger partial charge in [0.25, 0.3) is 0 Å². The molecule has 4 amide bonds. The number of fused-ring (bicyclic) bond motifs is 3. The zero-order valence-corrected chi connectivity index (χ0v) is 75.3. The minimum Gasteiger partial charge on any atom is -0.404 e. The van der Waals surface area contributed by atoms with Crippen LogP contribution in [-0.4, -0.2) is 281 Å². The molecule has 128 heavy (non-hydrogen) atoms. The number of alkyl halides is 3. The number of anilines is 4. The van der Waals surface area contributed by atoms with Gasteiger partial charge in [0.2, 0.25) is 63.7 Å². The molecule has 0 bridgehead atoms. The van der Waals surface area contributed by atoms with Gasteiger partial charge < -0.3 is 43.9 Å². The molecule has 8 fully saturated rings. The molecule has 0 saturated carbocycles. The zero-order valence-electron chi connectivity index (χ0n) is 69.8. The quantitative estimate of drug-likeness (QED) is 0.0765. The number of hydrogen-bond donors (Lipinski definition) is 0. The average Bonchev–Trinajstić information content (AvgIpc) is 1.09. The number of amides is 4. The molecule has 12 heterocycles. The van der Waals surface area contributed by atoms with E-state index in [0.717, 1.165) is 107 Å². The Bertz CT molecular complexity index is 6370. The van der Waals surface area contributed by atoms with E-state index in [4.69, 9.17) is 23.2 Å². The number of hydrogen-bond acceptors (Lipinski definition) is 23. The summed E-state index contributed by atoms with van der Waals surface area (Å²) in [6.07, 6.45) is -1.76. The third-order valence-electron chi connectivity index (χ3n) is 24.1. The molecule has 0 spiro atoms. The molecule has 19 rings (SSSR count). The van der Waals surface area contributed by atoms with E-state index < -0.39 is 63.0 Å². The fourth-order valence-corrected chi connectivity index (χ4v) is 24.9. The van der Waals surface area contributed by atoms with Crippen molar-refractivity contribution in [2.24, 2.45) is 23.7 Å². The molecule has 0 radical (unpaired) electrons. The van der Waals surface area contributed by atoms with Crippen molar-refractivity contribution in [3.05, 3.63) is 228 Å².